The van der Waals surface area contributed by atoms with E-state index in [2.05, 4.69) is 0 Å². The molecule has 98 valence electrons. The van der Waals surface area contributed by atoms with Crippen molar-refractivity contribution in [3.05, 3.63) is 54.1 Å². The fraction of sp³-hybridized carbons (Fsp3) is 0.133. The number of hydrogen-bond donors (Lipinski definition) is 2. The molecule has 0 saturated heterocycles. The minimum atomic E-state index is -0.985. The fourth-order valence-electron chi connectivity index (χ4n) is 1.72. The van der Waals surface area contributed by atoms with Crippen molar-refractivity contribution in [2.24, 2.45) is 5.73 Å². The van der Waals surface area contributed by atoms with Gasteiger partial charge in [-0.2, -0.15) is 0 Å². The first-order chi connectivity index (χ1) is 9.19. The smallest absolute Gasteiger partial charge is 0.341 e. The van der Waals surface area contributed by atoms with E-state index in [1.807, 2.05) is 36.4 Å². The van der Waals surface area contributed by atoms with Gasteiger partial charge in [-0.25, -0.2) is 4.79 Å². The summed E-state index contributed by atoms with van der Waals surface area (Å²) in [6, 6.07) is 15.3. The van der Waals surface area contributed by atoms with Crippen LogP contribution in [-0.2, 0) is 11.3 Å². The van der Waals surface area contributed by atoms with Gasteiger partial charge in [-0.15, -0.1) is 0 Å². The maximum Gasteiger partial charge on any atom is 0.341 e. The van der Waals surface area contributed by atoms with Crippen LogP contribution in [0.15, 0.2) is 48.5 Å². The van der Waals surface area contributed by atoms with Gasteiger partial charge in [0.15, 0.2) is 6.61 Å². The molecule has 2 aromatic rings. The molecule has 0 saturated carbocycles. The number of hydrogen-bond acceptors (Lipinski definition) is 3. The largest absolute Gasteiger partial charge is 0.482 e. The molecule has 2 rings (SSSR count). The molecule has 0 unspecified atom stereocenters. The highest BCUT2D eigenvalue weighted by atomic mass is 16.5. The maximum atomic E-state index is 10.4. The second-order valence-electron chi connectivity index (χ2n) is 4.11. The Balaban J connectivity index is 2.10. The van der Waals surface area contributed by atoms with Gasteiger partial charge < -0.3 is 15.6 Å². The highest BCUT2D eigenvalue weighted by Gasteiger charge is 2.01. The van der Waals surface area contributed by atoms with Crippen molar-refractivity contribution in [2.75, 3.05) is 6.61 Å². The minimum Gasteiger partial charge on any atom is -0.482 e. The standard InChI is InChI=1S/C15H15NO3/c16-9-11-1-3-12(4-2-11)13-5-7-14(8-6-13)19-10-15(17)18/h1-8H,9-10,16H2,(H,17,18). The van der Waals surface area contributed by atoms with Crippen LogP contribution in [0.25, 0.3) is 11.1 Å². The van der Waals surface area contributed by atoms with Crippen molar-refractivity contribution in [3.63, 3.8) is 0 Å². The van der Waals surface area contributed by atoms with Crippen LogP contribution in [0.4, 0.5) is 0 Å². The zero-order valence-electron chi connectivity index (χ0n) is 10.4. The molecule has 0 radical (unpaired) electrons. The first-order valence-corrected chi connectivity index (χ1v) is 5.93. The van der Waals surface area contributed by atoms with E-state index in [-0.39, 0.29) is 6.61 Å². The highest BCUT2D eigenvalue weighted by Crippen LogP contribution is 2.22. The van der Waals surface area contributed by atoms with Crippen molar-refractivity contribution in [2.45, 2.75) is 6.54 Å². The van der Waals surface area contributed by atoms with Crippen molar-refractivity contribution in [1.29, 1.82) is 0 Å². The van der Waals surface area contributed by atoms with Gasteiger partial charge in [0.05, 0.1) is 0 Å². The van der Waals surface area contributed by atoms with E-state index in [0.29, 0.717) is 12.3 Å². The molecule has 4 nitrogen and oxygen atoms in total. The van der Waals surface area contributed by atoms with E-state index in [4.69, 9.17) is 15.6 Å². The summed E-state index contributed by atoms with van der Waals surface area (Å²) in [5.41, 5.74) is 8.77. The van der Waals surface area contributed by atoms with Gasteiger partial charge in [0.1, 0.15) is 5.75 Å². The lowest BCUT2D eigenvalue weighted by atomic mass is 10.0. The third kappa shape index (κ3) is 3.56. The van der Waals surface area contributed by atoms with E-state index < -0.39 is 5.97 Å². The topological polar surface area (TPSA) is 72.5 Å². The van der Waals surface area contributed by atoms with Crippen LogP contribution in [0.5, 0.6) is 5.75 Å². The summed E-state index contributed by atoms with van der Waals surface area (Å²) in [7, 11) is 0. The predicted octanol–water partition coefficient (Wildman–Crippen LogP) is 2.28. The van der Waals surface area contributed by atoms with Crippen molar-refractivity contribution in [1.82, 2.24) is 0 Å². The molecule has 3 N–H and O–H groups in total. The van der Waals surface area contributed by atoms with Crippen LogP contribution >= 0.6 is 0 Å². The molecule has 0 aromatic heterocycles. The lowest BCUT2D eigenvalue weighted by molar-refractivity contribution is -0.139. The highest BCUT2D eigenvalue weighted by molar-refractivity contribution is 5.68. The zero-order valence-corrected chi connectivity index (χ0v) is 10.4. The number of rotatable bonds is 5. The van der Waals surface area contributed by atoms with Gasteiger partial charge in [-0.3, -0.25) is 0 Å². The Kier molecular flexibility index (Phi) is 4.15. The zero-order chi connectivity index (χ0) is 13.7. The Morgan fingerprint density at radius 3 is 2.00 bits per heavy atom. The summed E-state index contributed by atoms with van der Waals surface area (Å²) in [6.07, 6.45) is 0. The molecule has 0 aliphatic heterocycles. The van der Waals surface area contributed by atoms with Crippen molar-refractivity contribution in [3.8, 4) is 16.9 Å². The van der Waals surface area contributed by atoms with Crippen LogP contribution in [0.2, 0.25) is 0 Å². The molecule has 0 atom stereocenters. The number of benzene rings is 2. The third-order valence-corrected chi connectivity index (χ3v) is 2.74. The van der Waals surface area contributed by atoms with Gasteiger partial charge in [0, 0.05) is 6.54 Å². The number of carboxylic acid groups (broad SMARTS) is 1. The van der Waals surface area contributed by atoms with Crippen molar-refractivity contribution >= 4 is 5.97 Å². The summed E-state index contributed by atoms with van der Waals surface area (Å²) in [5, 5.41) is 8.52. The number of nitrogens with two attached hydrogens (primary N) is 1. The summed E-state index contributed by atoms with van der Waals surface area (Å²) in [6.45, 7) is 0.201. The lowest BCUT2D eigenvalue weighted by Gasteiger charge is -2.06. The molecule has 0 aliphatic carbocycles. The first kappa shape index (κ1) is 13.1. The predicted molar refractivity (Wildman–Crippen MR) is 72.9 cm³/mol. The number of carbonyl (C=O) groups is 1. The van der Waals surface area contributed by atoms with Gasteiger partial charge >= 0.3 is 5.97 Å². The van der Waals surface area contributed by atoms with E-state index in [0.717, 1.165) is 16.7 Å². The van der Waals surface area contributed by atoms with E-state index in [1.54, 1.807) is 12.1 Å². The summed E-state index contributed by atoms with van der Waals surface area (Å²) in [5.74, 6) is -0.439. The summed E-state index contributed by atoms with van der Waals surface area (Å²) < 4.78 is 5.08. The van der Waals surface area contributed by atoms with E-state index >= 15 is 0 Å². The molecule has 19 heavy (non-hydrogen) atoms. The van der Waals surface area contributed by atoms with Gasteiger partial charge in [-0.1, -0.05) is 36.4 Å². The molecule has 2 aromatic carbocycles. The lowest BCUT2D eigenvalue weighted by Crippen LogP contribution is -2.09. The molecular formula is C15H15NO3. The number of carboxylic acids is 1. The molecular weight excluding hydrogens is 242 g/mol. The molecule has 4 heteroatoms. The first-order valence-electron chi connectivity index (χ1n) is 5.93. The van der Waals surface area contributed by atoms with Crippen LogP contribution in [0.3, 0.4) is 0 Å². The molecule has 0 spiro atoms. The number of ether oxygens (including phenoxy) is 1. The Morgan fingerprint density at radius 1 is 1.00 bits per heavy atom. The van der Waals surface area contributed by atoms with Crippen molar-refractivity contribution < 1.29 is 14.6 Å². The van der Waals surface area contributed by atoms with Gasteiger partial charge in [0.25, 0.3) is 0 Å². The molecule has 0 bridgehead atoms. The van der Waals surface area contributed by atoms with Crippen LogP contribution < -0.4 is 10.5 Å². The SMILES string of the molecule is NCc1ccc(-c2ccc(OCC(=O)O)cc2)cc1. The Morgan fingerprint density at radius 2 is 1.53 bits per heavy atom. The Hall–Kier alpha value is -2.33. The molecule has 0 amide bonds. The minimum absolute atomic E-state index is 0.329. The van der Waals surface area contributed by atoms with Crippen LogP contribution in [0, 0.1) is 0 Å². The van der Waals surface area contributed by atoms with Crippen LogP contribution in [-0.4, -0.2) is 17.7 Å². The second kappa shape index (κ2) is 6.02. The monoisotopic (exact) mass is 257 g/mol. The summed E-state index contributed by atoms with van der Waals surface area (Å²) >= 11 is 0. The van der Waals surface area contributed by atoms with Crippen LogP contribution in [0.1, 0.15) is 5.56 Å². The number of aliphatic carboxylic acids is 1. The average Bonchev–Trinajstić information content (AvgIpc) is 2.46. The summed E-state index contributed by atoms with van der Waals surface area (Å²) in [4.78, 5) is 10.4. The fourth-order valence-corrected chi connectivity index (χ4v) is 1.72. The Bertz CT molecular complexity index is 547. The molecule has 0 heterocycles. The normalized spacial score (nSPS) is 10.2. The quantitative estimate of drug-likeness (QED) is 0.861. The molecule has 0 aliphatic rings. The third-order valence-electron chi connectivity index (χ3n) is 2.74. The maximum absolute atomic E-state index is 10.4. The van der Waals surface area contributed by atoms with E-state index in [9.17, 15) is 4.79 Å². The Labute approximate surface area is 111 Å². The second-order valence-corrected chi connectivity index (χ2v) is 4.11. The average molecular weight is 257 g/mol. The van der Waals surface area contributed by atoms with E-state index in [1.165, 1.54) is 0 Å². The van der Waals surface area contributed by atoms with Gasteiger partial charge in [-0.05, 0) is 28.8 Å². The van der Waals surface area contributed by atoms with Gasteiger partial charge in [0.2, 0.25) is 0 Å². The molecule has 0 fully saturated rings.